The second-order valence-corrected chi connectivity index (χ2v) is 1.01. The maximum absolute atomic E-state index is 9.05. The highest BCUT2D eigenvalue weighted by molar-refractivity contribution is 7.70. The summed E-state index contributed by atoms with van der Waals surface area (Å²) in [6.07, 6.45) is 0. The van der Waals surface area contributed by atoms with Crippen LogP contribution in [0.1, 0.15) is 0 Å². The van der Waals surface area contributed by atoms with Crippen LogP contribution in [0.5, 0.6) is 0 Å². The molecule has 0 unspecified atom stereocenters. The van der Waals surface area contributed by atoms with E-state index in [0.29, 0.717) is 0 Å². The molecule has 4 nitrogen and oxygen atoms in total. The van der Waals surface area contributed by atoms with Crippen LogP contribution in [0.4, 0.5) is 0 Å². The molecule has 0 fully saturated rings. The number of rotatable bonds is 1. The molecular weight excluding hydrogens is 92.1 g/mol. The lowest BCUT2D eigenvalue weighted by Crippen LogP contribution is -1.54. The van der Waals surface area contributed by atoms with Gasteiger partial charge in [0.2, 0.25) is 0 Å². The molecule has 0 atom stereocenters. The molecule has 0 heterocycles. The van der Waals surface area contributed by atoms with Gasteiger partial charge in [0.15, 0.2) is 0 Å². The monoisotopic (exact) mass is 94.0 g/mol. The van der Waals surface area contributed by atoms with E-state index in [0.717, 1.165) is 0 Å². The van der Waals surface area contributed by atoms with Crippen LogP contribution in [0.25, 0.3) is 0 Å². The number of nitrogens with zero attached hydrogens (tertiary/aromatic N) is 1. The van der Waals surface area contributed by atoms with E-state index < -0.39 is 10.9 Å². The van der Waals surface area contributed by atoms with E-state index >= 15 is 0 Å². The van der Waals surface area contributed by atoms with E-state index in [1.54, 1.807) is 0 Å². The Morgan fingerprint density at radius 3 is 1.80 bits per heavy atom. The smallest absolute Gasteiger partial charge is 0.206 e. The van der Waals surface area contributed by atoms with Crippen molar-refractivity contribution in [1.82, 2.24) is 0 Å². The Kier molecular flexibility index (Phi) is 1.67. The molecule has 0 spiro atoms. The maximum Gasteiger partial charge on any atom is 0.260 e. The van der Waals surface area contributed by atoms with Gasteiger partial charge in [0, 0.05) is 0 Å². The summed E-state index contributed by atoms with van der Waals surface area (Å²) >= 11 is 0. The van der Waals surface area contributed by atoms with Crippen LogP contribution in [0.2, 0.25) is 0 Å². The molecule has 0 aromatic heterocycles. The molecule has 0 aromatic rings. The quantitative estimate of drug-likeness (QED) is 0.341. The zero-order chi connectivity index (χ0) is 4.28. The molecule has 0 saturated carbocycles. The molecular formula is H2N2O2S. The highest BCUT2D eigenvalue weighted by Gasteiger charge is 1.57. The first kappa shape index (κ1) is 4.55. The van der Waals surface area contributed by atoms with Crippen molar-refractivity contribution in [2.45, 2.75) is 0 Å². The molecule has 0 aliphatic carbocycles. The van der Waals surface area contributed by atoms with E-state index in [-0.39, 0.29) is 0 Å². The zero-order valence-corrected chi connectivity index (χ0v) is 3.11. The largest absolute Gasteiger partial charge is 0.260 e. The zero-order valence-electron chi connectivity index (χ0n) is 2.21. The summed E-state index contributed by atoms with van der Waals surface area (Å²) in [6, 6.07) is 0. The highest BCUT2D eigenvalue weighted by Crippen LogP contribution is 1.53. The normalized spacial score (nSPS) is 8.20. The van der Waals surface area contributed by atoms with Gasteiger partial charge in [-0.2, -0.15) is 5.53 Å². The Balaban J connectivity index is 3.69. The van der Waals surface area contributed by atoms with Gasteiger partial charge in [-0.3, -0.25) is 0 Å². The van der Waals surface area contributed by atoms with Crippen molar-refractivity contribution in [3.8, 4) is 0 Å². The van der Waals surface area contributed by atoms with Crippen molar-refractivity contribution in [3.05, 3.63) is 0 Å². The van der Waals surface area contributed by atoms with E-state index in [1.807, 2.05) is 0 Å². The van der Waals surface area contributed by atoms with Crippen molar-refractivity contribution >= 4 is 10.9 Å². The molecule has 0 aliphatic heterocycles. The van der Waals surface area contributed by atoms with Crippen LogP contribution in [-0.2, 0) is 10.9 Å². The predicted molar refractivity (Wildman–Crippen MR) is 15.5 cm³/mol. The van der Waals surface area contributed by atoms with E-state index in [9.17, 15) is 0 Å². The summed E-state index contributed by atoms with van der Waals surface area (Å²) in [5, 5.41) is 0. The topological polar surface area (TPSA) is 70.3 Å². The van der Waals surface area contributed by atoms with Crippen LogP contribution in [-0.4, -0.2) is 8.42 Å². The Morgan fingerprint density at radius 1 is 1.60 bits per heavy atom. The van der Waals surface area contributed by atoms with Gasteiger partial charge in [0.25, 0.3) is 10.9 Å². The fourth-order valence-corrected chi connectivity index (χ4v) is 0. The molecule has 0 saturated heterocycles. The van der Waals surface area contributed by atoms with E-state index in [1.165, 1.54) is 0 Å². The second-order valence-electron chi connectivity index (χ2n) is 0.338. The lowest BCUT2D eigenvalue weighted by molar-refractivity contribution is 0.613. The van der Waals surface area contributed by atoms with Crippen molar-refractivity contribution in [2.24, 2.45) is 4.52 Å². The third-order valence-corrected chi connectivity index (χ3v) is 0.245. The van der Waals surface area contributed by atoms with Crippen LogP contribution < -0.4 is 0 Å². The number of hydrogen-bond acceptors (Lipinski definition) is 3. The third kappa shape index (κ3) is 3.55. The minimum atomic E-state index is -2.81. The van der Waals surface area contributed by atoms with Gasteiger partial charge in [-0.1, -0.05) is 4.52 Å². The minimum absolute atomic E-state index is 2.09. The molecule has 0 bridgehead atoms. The summed E-state index contributed by atoms with van der Waals surface area (Å²) < 4.78 is 20.2. The Morgan fingerprint density at radius 2 is 1.80 bits per heavy atom. The van der Waals surface area contributed by atoms with Gasteiger partial charge in [0.05, 0.1) is 0 Å². The van der Waals surface area contributed by atoms with Gasteiger partial charge < -0.3 is 0 Å². The van der Waals surface area contributed by atoms with Gasteiger partial charge in [-0.05, 0) is 0 Å². The third-order valence-electron chi connectivity index (χ3n) is 0.0816. The summed E-state index contributed by atoms with van der Waals surface area (Å²) in [4.78, 5) is 0. The summed E-state index contributed by atoms with van der Waals surface area (Å²) in [6.45, 7) is 0. The SMILES string of the molecule is N=N[SH](=O)=O. The van der Waals surface area contributed by atoms with Crippen molar-refractivity contribution < 1.29 is 8.42 Å². The number of hydrogen-bond donors (Lipinski definition) is 2. The molecule has 30 valence electrons. The van der Waals surface area contributed by atoms with Crippen LogP contribution in [0.15, 0.2) is 4.52 Å². The summed E-state index contributed by atoms with van der Waals surface area (Å²) in [5.41, 5.74) is 5.69. The van der Waals surface area contributed by atoms with E-state index in [4.69, 9.17) is 13.9 Å². The first-order chi connectivity index (χ1) is 2.27. The molecule has 0 radical (unpaired) electrons. The van der Waals surface area contributed by atoms with Gasteiger partial charge in [-0.25, -0.2) is 8.42 Å². The molecule has 1 N–H and O–H groups in total. The van der Waals surface area contributed by atoms with Crippen LogP contribution >= 0.6 is 0 Å². The molecule has 0 amide bonds. The van der Waals surface area contributed by atoms with Gasteiger partial charge >= 0.3 is 0 Å². The highest BCUT2D eigenvalue weighted by atomic mass is 32.2. The molecule has 5 heavy (non-hydrogen) atoms. The molecule has 5 heteroatoms. The van der Waals surface area contributed by atoms with Gasteiger partial charge in [-0.15, -0.1) is 0 Å². The first-order valence-electron chi connectivity index (χ1n) is 0.789. The Bertz CT molecular complexity index is 83.8. The Labute approximate surface area is 30.4 Å². The number of nitrogens with one attached hydrogen (secondary N) is 1. The standard InChI is InChI=1S/H2N2O2S/c1-2-5(3)4/h1,5H. The predicted octanol–water partition coefficient (Wildman–Crippen LogP) is -0.456. The maximum atomic E-state index is 9.05. The minimum Gasteiger partial charge on any atom is -0.206 e. The van der Waals surface area contributed by atoms with Crippen LogP contribution in [0.3, 0.4) is 0 Å². The fraction of sp³-hybridized carbons (Fsp3) is 0. The molecule has 0 aromatic carbocycles. The molecule has 0 aliphatic rings. The second kappa shape index (κ2) is 1.83. The van der Waals surface area contributed by atoms with Gasteiger partial charge in [0.1, 0.15) is 0 Å². The van der Waals surface area contributed by atoms with E-state index in [2.05, 4.69) is 4.52 Å². The van der Waals surface area contributed by atoms with Crippen molar-refractivity contribution in [1.29, 1.82) is 5.53 Å². The first-order valence-corrected chi connectivity index (χ1v) is 1.92. The van der Waals surface area contributed by atoms with Crippen molar-refractivity contribution in [2.75, 3.05) is 0 Å². The average Bonchev–Trinajstić information content (AvgIpc) is 1.38. The van der Waals surface area contributed by atoms with Crippen LogP contribution in [0, 0.1) is 5.53 Å². The molecule has 0 rings (SSSR count). The lowest BCUT2D eigenvalue weighted by atomic mass is 13.3. The average molecular weight is 94.1 g/mol. The summed E-state index contributed by atoms with van der Waals surface area (Å²) in [7, 11) is -2.81. The Hall–Kier alpha value is -0.450. The summed E-state index contributed by atoms with van der Waals surface area (Å²) in [5.74, 6) is 0. The fourth-order valence-electron chi connectivity index (χ4n) is 0. The number of thiol groups is 1. The lowest BCUT2D eigenvalue weighted by Gasteiger charge is -1.49. The van der Waals surface area contributed by atoms with Crippen molar-refractivity contribution in [3.63, 3.8) is 0 Å².